The summed E-state index contributed by atoms with van der Waals surface area (Å²) in [4.78, 5) is 19.4. The molecule has 3 heterocycles. The van der Waals surface area contributed by atoms with Crippen molar-refractivity contribution in [3.63, 3.8) is 0 Å². The van der Waals surface area contributed by atoms with Gasteiger partial charge in [0.15, 0.2) is 0 Å². The molecule has 0 aliphatic rings. The molecule has 164 valence electrons. The summed E-state index contributed by atoms with van der Waals surface area (Å²) in [5, 5.41) is 9.61. The van der Waals surface area contributed by atoms with E-state index in [-0.39, 0.29) is 17.2 Å². The number of hydrogen-bond donors (Lipinski definition) is 2. The van der Waals surface area contributed by atoms with Crippen LogP contribution in [0.1, 0.15) is 0 Å². The van der Waals surface area contributed by atoms with Crippen LogP contribution in [0, 0.1) is 11.6 Å². The van der Waals surface area contributed by atoms with Gasteiger partial charge in [0.25, 0.3) is 15.6 Å². The Balaban J connectivity index is 1.79. The number of anilines is 1. The number of methoxy groups -OCH3 is 1. The first-order chi connectivity index (χ1) is 15.2. The number of hydrogen-bond acceptors (Lipinski definition) is 7. The average Bonchev–Trinajstić information content (AvgIpc) is 2.75. The van der Waals surface area contributed by atoms with E-state index in [9.17, 15) is 27.1 Å². The Morgan fingerprint density at radius 2 is 1.84 bits per heavy atom. The van der Waals surface area contributed by atoms with Crippen LogP contribution in [0.2, 0.25) is 0 Å². The van der Waals surface area contributed by atoms with Crippen LogP contribution < -0.4 is 15.0 Å². The number of aromatic nitrogens is 3. The van der Waals surface area contributed by atoms with Gasteiger partial charge in [-0.1, -0.05) is 0 Å². The van der Waals surface area contributed by atoms with Crippen molar-refractivity contribution >= 4 is 21.4 Å². The Bertz CT molecular complexity index is 1520. The molecule has 0 amide bonds. The van der Waals surface area contributed by atoms with Crippen LogP contribution in [-0.2, 0) is 10.0 Å². The van der Waals surface area contributed by atoms with Crippen LogP contribution in [0.4, 0.5) is 14.5 Å². The summed E-state index contributed by atoms with van der Waals surface area (Å²) < 4.78 is 60.9. The second kappa shape index (κ2) is 7.89. The zero-order valence-electron chi connectivity index (χ0n) is 16.3. The fraction of sp³-hybridized carbons (Fsp3) is 0.0500. The van der Waals surface area contributed by atoms with Crippen molar-refractivity contribution < 1.29 is 27.0 Å². The van der Waals surface area contributed by atoms with Crippen LogP contribution in [-0.4, -0.2) is 35.0 Å². The van der Waals surface area contributed by atoms with E-state index in [1.165, 1.54) is 31.6 Å². The molecule has 0 saturated carbocycles. The molecule has 4 aromatic rings. The number of aromatic hydroxyl groups is 1. The predicted molar refractivity (Wildman–Crippen MR) is 110 cm³/mol. The van der Waals surface area contributed by atoms with Crippen molar-refractivity contribution in [2.75, 3.05) is 11.8 Å². The van der Waals surface area contributed by atoms with Gasteiger partial charge in [0.05, 0.1) is 13.3 Å². The molecular weight excluding hydrogens is 446 g/mol. The summed E-state index contributed by atoms with van der Waals surface area (Å²) >= 11 is 0. The van der Waals surface area contributed by atoms with Gasteiger partial charge in [-0.25, -0.2) is 27.2 Å². The number of pyridine rings is 2. The Labute approximate surface area is 179 Å². The summed E-state index contributed by atoms with van der Waals surface area (Å²) in [6, 6.07) is 6.58. The minimum Gasteiger partial charge on any atom is -0.502 e. The van der Waals surface area contributed by atoms with Crippen LogP contribution in [0.25, 0.3) is 16.8 Å². The van der Waals surface area contributed by atoms with E-state index in [0.29, 0.717) is 17.2 Å². The third-order valence-corrected chi connectivity index (χ3v) is 5.89. The summed E-state index contributed by atoms with van der Waals surface area (Å²) in [5.41, 5.74) is 0.294. The molecule has 0 unspecified atom stereocenters. The van der Waals surface area contributed by atoms with E-state index in [4.69, 9.17) is 4.74 Å². The molecule has 0 spiro atoms. The molecule has 0 atom stereocenters. The van der Waals surface area contributed by atoms with Crippen LogP contribution in [0.15, 0.2) is 64.7 Å². The van der Waals surface area contributed by atoms with E-state index in [2.05, 4.69) is 14.7 Å². The van der Waals surface area contributed by atoms with E-state index in [1.807, 2.05) is 0 Å². The van der Waals surface area contributed by atoms with Crippen LogP contribution in [0.3, 0.4) is 0 Å². The summed E-state index contributed by atoms with van der Waals surface area (Å²) in [6.07, 6.45) is 3.80. The van der Waals surface area contributed by atoms with Gasteiger partial charge in [-0.15, -0.1) is 0 Å². The van der Waals surface area contributed by atoms with Gasteiger partial charge in [-0.3, -0.25) is 13.9 Å². The normalized spacial score (nSPS) is 11.5. The van der Waals surface area contributed by atoms with E-state index in [1.54, 1.807) is 6.07 Å². The molecule has 12 heteroatoms. The SMILES string of the molecule is COc1ncc(-c2ccc3ncc(O)c(=O)n3c2)cc1NS(=O)(=O)c1ccc(F)cc1F. The fourth-order valence-electron chi connectivity index (χ4n) is 2.98. The Kier molecular flexibility index (Phi) is 5.22. The average molecular weight is 460 g/mol. The Hall–Kier alpha value is -4.06. The number of sulfonamides is 1. The lowest BCUT2D eigenvalue weighted by atomic mass is 10.1. The van der Waals surface area contributed by atoms with Gasteiger partial charge in [0.2, 0.25) is 11.6 Å². The van der Waals surface area contributed by atoms with Crippen LogP contribution in [0.5, 0.6) is 11.6 Å². The highest BCUT2D eigenvalue weighted by Gasteiger charge is 2.22. The predicted octanol–water partition coefficient (Wildman–Crippen LogP) is 2.55. The maximum atomic E-state index is 14.0. The highest BCUT2D eigenvalue weighted by atomic mass is 32.2. The van der Waals surface area contributed by atoms with Gasteiger partial charge in [-0.05, 0) is 30.3 Å². The summed E-state index contributed by atoms with van der Waals surface area (Å²) in [7, 11) is -3.18. The molecule has 0 radical (unpaired) electrons. The van der Waals surface area contributed by atoms with Crippen LogP contribution >= 0.6 is 0 Å². The quantitative estimate of drug-likeness (QED) is 0.469. The zero-order valence-corrected chi connectivity index (χ0v) is 17.1. The largest absolute Gasteiger partial charge is 0.502 e. The molecule has 0 fully saturated rings. The van der Waals surface area contributed by atoms with Gasteiger partial charge in [-0.2, -0.15) is 0 Å². The highest BCUT2D eigenvalue weighted by molar-refractivity contribution is 7.92. The molecule has 9 nitrogen and oxygen atoms in total. The Morgan fingerprint density at radius 1 is 1.06 bits per heavy atom. The standard InChI is InChI=1S/C20H14F2N4O5S/c1-31-19-15(25-32(29,30)17-4-3-13(21)7-14(17)22)6-12(8-24-19)11-2-5-18-23-9-16(27)20(28)26(18)10-11/h2-10,25,27H,1H3. The summed E-state index contributed by atoms with van der Waals surface area (Å²) in [6.45, 7) is 0. The maximum absolute atomic E-state index is 14.0. The molecule has 0 saturated heterocycles. The zero-order chi connectivity index (χ0) is 23.0. The molecule has 0 bridgehead atoms. The summed E-state index contributed by atoms with van der Waals surface area (Å²) in [5.74, 6) is -2.82. The molecule has 1 aromatic carbocycles. The number of rotatable bonds is 5. The van der Waals surface area contributed by atoms with Gasteiger partial charge >= 0.3 is 0 Å². The lowest BCUT2D eigenvalue weighted by Crippen LogP contribution is -2.16. The number of nitrogens with zero attached hydrogens (tertiary/aromatic N) is 3. The number of halogens is 2. The van der Waals surface area contributed by atoms with Crippen molar-refractivity contribution in [1.29, 1.82) is 0 Å². The van der Waals surface area contributed by atoms with Crippen molar-refractivity contribution in [3.8, 4) is 22.8 Å². The topological polar surface area (TPSA) is 123 Å². The molecule has 2 N–H and O–H groups in total. The van der Waals surface area contributed by atoms with Gasteiger partial charge < -0.3 is 9.84 Å². The molecule has 3 aromatic heterocycles. The first kappa shape index (κ1) is 21.2. The first-order valence-corrected chi connectivity index (χ1v) is 10.4. The minimum atomic E-state index is -4.45. The van der Waals surface area contributed by atoms with E-state index in [0.717, 1.165) is 22.7 Å². The number of fused-ring (bicyclic) bond motifs is 1. The molecule has 32 heavy (non-hydrogen) atoms. The first-order valence-electron chi connectivity index (χ1n) is 8.92. The number of ether oxygens (including phenoxy) is 1. The molecule has 4 rings (SSSR count). The molecule has 0 aliphatic carbocycles. The monoisotopic (exact) mass is 460 g/mol. The molecule has 0 aliphatic heterocycles. The second-order valence-electron chi connectivity index (χ2n) is 6.56. The number of benzene rings is 1. The smallest absolute Gasteiger partial charge is 0.300 e. The van der Waals surface area contributed by atoms with Gasteiger partial charge in [0.1, 0.15) is 27.9 Å². The molecular formula is C20H14F2N4O5S. The van der Waals surface area contributed by atoms with Crippen molar-refractivity contribution in [2.45, 2.75) is 4.90 Å². The van der Waals surface area contributed by atoms with Crippen molar-refractivity contribution in [2.24, 2.45) is 0 Å². The highest BCUT2D eigenvalue weighted by Crippen LogP contribution is 2.30. The van der Waals surface area contributed by atoms with Crippen molar-refractivity contribution in [1.82, 2.24) is 14.4 Å². The third kappa shape index (κ3) is 3.83. The van der Waals surface area contributed by atoms with E-state index < -0.39 is 37.9 Å². The van der Waals surface area contributed by atoms with E-state index >= 15 is 0 Å². The fourth-order valence-corrected chi connectivity index (χ4v) is 4.08. The lowest BCUT2D eigenvalue weighted by Gasteiger charge is -2.13. The second-order valence-corrected chi connectivity index (χ2v) is 8.21. The van der Waals surface area contributed by atoms with Gasteiger partial charge in [0, 0.05) is 29.6 Å². The Morgan fingerprint density at radius 3 is 2.56 bits per heavy atom. The maximum Gasteiger partial charge on any atom is 0.300 e. The van der Waals surface area contributed by atoms with Crippen molar-refractivity contribution in [3.05, 3.63) is 77.0 Å². The third-order valence-electron chi connectivity index (χ3n) is 4.49. The number of nitrogens with one attached hydrogen (secondary N) is 1. The minimum absolute atomic E-state index is 0.0999. The lowest BCUT2D eigenvalue weighted by molar-refractivity contribution is 0.400.